The Kier molecular flexibility index (Phi) is 6.93. The van der Waals surface area contributed by atoms with Crippen LogP contribution in [0.1, 0.15) is 11.1 Å². The van der Waals surface area contributed by atoms with E-state index in [-0.39, 0.29) is 17.1 Å². The van der Waals surface area contributed by atoms with Crippen molar-refractivity contribution in [2.75, 3.05) is 21.3 Å². The normalized spacial score (nSPS) is 11.8. The average Bonchev–Trinajstić information content (AvgIpc) is 2.66. The van der Waals surface area contributed by atoms with E-state index in [1.807, 2.05) is 0 Å². The van der Waals surface area contributed by atoms with Crippen molar-refractivity contribution in [3.63, 3.8) is 0 Å². The summed E-state index contributed by atoms with van der Waals surface area (Å²) < 4.78 is 41.4. The van der Waals surface area contributed by atoms with Gasteiger partial charge >= 0.3 is 0 Å². The van der Waals surface area contributed by atoms with Crippen molar-refractivity contribution in [1.29, 1.82) is 0 Å². The summed E-state index contributed by atoms with van der Waals surface area (Å²) in [5.74, 6) is -0.544. The molecular weight excluding hydrogens is 406 g/mol. The summed E-state index contributed by atoms with van der Waals surface area (Å²) in [7, 11) is 0.218. The third kappa shape index (κ3) is 4.96. The summed E-state index contributed by atoms with van der Waals surface area (Å²) in [5, 5.41) is 0.472. The summed E-state index contributed by atoms with van der Waals surface area (Å²) >= 11 is 5.82. The van der Waals surface area contributed by atoms with Gasteiger partial charge in [-0.3, -0.25) is 4.79 Å². The molecule has 0 unspecified atom stereocenters. The predicted octanol–water partition coefficient (Wildman–Crippen LogP) is 2.81. The fourth-order valence-corrected chi connectivity index (χ4v) is 4.01. The van der Waals surface area contributed by atoms with Crippen molar-refractivity contribution in [3.8, 4) is 17.2 Å². The lowest BCUT2D eigenvalue weighted by molar-refractivity contribution is -0.113. The quantitative estimate of drug-likeness (QED) is 0.652. The zero-order chi connectivity index (χ0) is 20.9. The first-order valence-corrected chi connectivity index (χ1v) is 10.0. The molecule has 0 aliphatic heterocycles. The number of halogens is 1. The molecule has 0 bridgehead atoms. The Bertz CT molecular complexity index is 975. The van der Waals surface area contributed by atoms with Crippen molar-refractivity contribution in [2.24, 2.45) is 5.73 Å². The van der Waals surface area contributed by atoms with Gasteiger partial charge in [0, 0.05) is 17.2 Å². The highest BCUT2D eigenvalue weighted by Crippen LogP contribution is 2.36. The van der Waals surface area contributed by atoms with E-state index in [4.69, 9.17) is 31.5 Å². The minimum Gasteiger partial charge on any atom is -0.496 e. The lowest BCUT2D eigenvalue weighted by atomic mass is 10.1. The van der Waals surface area contributed by atoms with Crippen molar-refractivity contribution < 1.29 is 27.4 Å². The summed E-state index contributed by atoms with van der Waals surface area (Å²) in [4.78, 5) is 11.4. The lowest BCUT2D eigenvalue weighted by Gasteiger charge is -2.14. The van der Waals surface area contributed by atoms with Crippen LogP contribution in [0.3, 0.4) is 0 Å². The van der Waals surface area contributed by atoms with Crippen LogP contribution >= 0.6 is 11.6 Å². The Balaban J connectivity index is 2.58. The van der Waals surface area contributed by atoms with Gasteiger partial charge in [0.25, 0.3) is 5.91 Å². The topological polar surface area (TPSA) is 105 Å². The van der Waals surface area contributed by atoms with Crippen molar-refractivity contribution in [2.45, 2.75) is 5.75 Å². The maximum atomic E-state index is 12.8. The number of methoxy groups -OCH3 is 3. The van der Waals surface area contributed by atoms with Crippen LogP contribution in [0.15, 0.2) is 41.3 Å². The second-order valence-corrected chi connectivity index (χ2v) is 8.10. The number of rotatable bonds is 8. The maximum Gasteiger partial charge on any atom is 0.260 e. The largest absolute Gasteiger partial charge is 0.496 e. The van der Waals surface area contributed by atoms with E-state index in [1.165, 1.54) is 21.3 Å². The number of carbonyl (C=O) groups is 1. The predicted molar refractivity (Wildman–Crippen MR) is 107 cm³/mol. The monoisotopic (exact) mass is 425 g/mol. The molecule has 2 N–H and O–H groups in total. The highest BCUT2D eigenvalue weighted by atomic mass is 35.5. The van der Waals surface area contributed by atoms with Gasteiger partial charge in [0.05, 0.1) is 32.6 Å². The minimum atomic E-state index is -4.05. The van der Waals surface area contributed by atoms with E-state index in [1.54, 1.807) is 36.4 Å². The van der Waals surface area contributed by atoms with E-state index in [2.05, 4.69) is 0 Å². The van der Waals surface area contributed by atoms with E-state index in [0.717, 1.165) is 6.08 Å². The number of carbonyl (C=O) groups excluding carboxylic acids is 1. The Morgan fingerprint density at radius 1 is 1.04 bits per heavy atom. The van der Waals surface area contributed by atoms with Crippen LogP contribution in [0.2, 0.25) is 5.02 Å². The van der Waals surface area contributed by atoms with Gasteiger partial charge in [-0.05, 0) is 23.8 Å². The van der Waals surface area contributed by atoms with Crippen molar-refractivity contribution >= 4 is 33.4 Å². The van der Waals surface area contributed by atoms with Crippen LogP contribution in [-0.4, -0.2) is 35.7 Å². The molecule has 9 heteroatoms. The highest BCUT2D eigenvalue weighted by molar-refractivity contribution is 7.95. The summed E-state index contributed by atoms with van der Waals surface area (Å²) in [6.45, 7) is 0. The van der Waals surface area contributed by atoms with Crippen molar-refractivity contribution in [3.05, 3.63) is 57.5 Å². The summed E-state index contributed by atoms with van der Waals surface area (Å²) in [6.07, 6.45) is 1.14. The van der Waals surface area contributed by atoms with Gasteiger partial charge in [0.1, 0.15) is 22.2 Å². The minimum absolute atomic E-state index is 0.249. The molecular formula is C19H20ClNO6S. The Labute approximate surface area is 168 Å². The number of hydrogen-bond acceptors (Lipinski definition) is 6. The van der Waals surface area contributed by atoms with Gasteiger partial charge in [-0.2, -0.15) is 0 Å². The average molecular weight is 426 g/mol. The van der Waals surface area contributed by atoms with Crippen LogP contribution in [0.25, 0.3) is 6.08 Å². The molecule has 0 spiro atoms. The van der Waals surface area contributed by atoms with E-state index >= 15 is 0 Å². The van der Waals surface area contributed by atoms with Crippen LogP contribution in [0.4, 0.5) is 0 Å². The molecule has 150 valence electrons. The molecule has 0 aliphatic rings. The van der Waals surface area contributed by atoms with Gasteiger partial charge in [-0.15, -0.1) is 0 Å². The first-order chi connectivity index (χ1) is 13.2. The van der Waals surface area contributed by atoms with Crippen molar-refractivity contribution in [1.82, 2.24) is 0 Å². The molecule has 28 heavy (non-hydrogen) atoms. The summed E-state index contributed by atoms with van der Waals surface area (Å²) in [5.41, 5.74) is 6.09. The molecule has 7 nitrogen and oxygen atoms in total. The van der Waals surface area contributed by atoms with E-state index in [9.17, 15) is 13.2 Å². The number of benzene rings is 2. The molecule has 0 saturated carbocycles. The smallest absolute Gasteiger partial charge is 0.260 e. The number of ether oxygens (including phenoxy) is 3. The molecule has 1 amide bonds. The molecule has 2 rings (SSSR count). The maximum absolute atomic E-state index is 12.8. The first-order valence-electron chi connectivity index (χ1n) is 8.00. The molecule has 0 fully saturated rings. The first kappa shape index (κ1) is 21.6. The van der Waals surface area contributed by atoms with Crippen LogP contribution in [0, 0.1) is 0 Å². The lowest BCUT2D eigenvalue weighted by Crippen LogP contribution is -2.22. The molecule has 0 atom stereocenters. The second kappa shape index (κ2) is 8.99. The molecule has 0 radical (unpaired) electrons. The SMILES string of the molecule is COc1cc(OC)c(C=C(C(N)=O)S(=O)(=O)Cc2ccc(Cl)cc2)c(OC)c1. The van der Waals surface area contributed by atoms with Crippen LogP contribution < -0.4 is 19.9 Å². The Hall–Kier alpha value is -2.71. The third-order valence-electron chi connectivity index (χ3n) is 3.88. The molecule has 0 saturated heterocycles. The number of hydrogen-bond donors (Lipinski definition) is 1. The van der Waals surface area contributed by atoms with Gasteiger partial charge < -0.3 is 19.9 Å². The number of nitrogens with two attached hydrogens (primary N) is 1. The van der Waals surface area contributed by atoms with Gasteiger partial charge in [0.15, 0.2) is 9.84 Å². The number of sulfone groups is 1. The zero-order valence-electron chi connectivity index (χ0n) is 15.6. The van der Waals surface area contributed by atoms with Crippen LogP contribution in [0.5, 0.6) is 17.2 Å². The van der Waals surface area contributed by atoms with Gasteiger partial charge in [-0.1, -0.05) is 23.7 Å². The highest BCUT2D eigenvalue weighted by Gasteiger charge is 2.25. The fraction of sp³-hybridized carbons (Fsp3) is 0.211. The second-order valence-electron chi connectivity index (χ2n) is 5.70. The summed E-state index contributed by atoms with van der Waals surface area (Å²) in [6, 6.07) is 9.34. The van der Waals surface area contributed by atoms with Gasteiger partial charge in [-0.25, -0.2) is 8.42 Å². The fourth-order valence-electron chi connectivity index (χ4n) is 2.50. The number of amides is 1. The molecule has 0 aromatic heterocycles. The standard InChI is InChI=1S/C19H20ClNO6S/c1-25-14-8-16(26-2)15(17(9-14)27-3)10-18(19(21)22)28(23,24)11-12-4-6-13(20)7-5-12/h4-10H,11H2,1-3H3,(H2,21,22). The van der Waals surface area contributed by atoms with E-state index < -0.39 is 26.4 Å². The number of primary amides is 1. The molecule has 0 heterocycles. The van der Waals surface area contributed by atoms with E-state index in [0.29, 0.717) is 16.3 Å². The molecule has 0 aliphatic carbocycles. The van der Waals surface area contributed by atoms with Crippen LogP contribution in [-0.2, 0) is 20.4 Å². The Morgan fingerprint density at radius 3 is 2.00 bits per heavy atom. The molecule has 2 aromatic rings. The zero-order valence-corrected chi connectivity index (χ0v) is 17.1. The van der Waals surface area contributed by atoms with Gasteiger partial charge in [0.2, 0.25) is 0 Å². The Morgan fingerprint density at radius 2 is 1.57 bits per heavy atom. The molecule has 2 aromatic carbocycles. The third-order valence-corrected chi connectivity index (χ3v) is 5.83.